The van der Waals surface area contributed by atoms with Crippen LogP contribution in [0.25, 0.3) is 0 Å². The quantitative estimate of drug-likeness (QED) is 0.0739. The number of nitrogens with zero attached hydrogens (tertiary/aromatic N) is 2. The lowest BCUT2D eigenvalue weighted by atomic mass is 9.76. The molecule has 1 aliphatic carbocycles. The van der Waals surface area contributed by atoms with Crippen molar-refractivity contribution in [2.45, 2.75) is 178 Å². The number of aryl methyl sites for hydroxylation is 9. The van der Waals surface area contributed by atoms with E-state index in [1.165, 1.54) is 94.6 Å². The van der Waals surface area contributed by atoms with Gasteiger partial charge in [0, 0.05) is 36.1 Å². The Morgan fingerprint density at radius 1 is 0.439 bits per heavy atom. The zero-order chi connectivity index (χ0) is 47.7. The lowest BCUT2D eigenvalue weighted by molar-refractivity contribution is 0.631. The van der Waals surface area contributed by atoms with Gasteiger partial charge in [-0.3, -0.25) is 9.98 Å². The minimum atomic E-state index is 0.161. The molecule has 0 N–H and O–H groups in total. The summed E-state index contributed by atoms with van der Waals surface area (Å²) in [6.45, 7) is 32.4. The van der Waals surface area contributed by atoms with Gasteiger partial charge in [-0.1, -0.05) is 187 Å². The van der Waals surface area contributed by atoms with Crippen LogP contribution in [-0.2, 0) is 51.4 Å². The van der Waals surface area contributed by atoms with Crippen LogP contribution in [0.3, 0.4) is 0 Å². The maximum atomic E-state index is 5.57. The monoisotopic (exact) mass is 879 g/mol. The van der Waals surface area contributed by atoms with Crippen molar-refractivity contribution < 1.29 is 0 Å². The highest BCUT2D eigenvalue weighted by atomic mass is 14.8. The fraction of sp³-hybridized carbons (Fsp3) is 0.438. The Balaban J connectivity index is 1.54. The van der Waals surface area contributed by atoms with E-state index in [1.807, 2.05) is 12.4 Å². The van der Waals surface area contributed by atoms with Crippen LogP contribution in [0.4, 0.5) is 5.69 Å². The van der Waals surface area contributed by atoms with E-state index in [2.05, 4.69) is 188 Å². The maximum Gasteiger partial charge on any atom is 0.0706 e. The molecule has 2 nitrogen and oxygen atoms in total. The summed E-state index contributed by atoms with van der Waals surface area (Å²) in [4.78, 5) is 11.1. The van der Waals surface area contributed by atoms with Crippen molar-refractivity contribution in [3.8, 4) is 0 Å². The van der Waals surface area contributed by atoms with Gasteiger partial charge < -0.3 is 0 Å². The molecule has 0 saturated heterocycles. The van der Waals surface area contributed by atoms with E-state index < -0.39 is 0 Å². The zero-order valence-corrected chi connectivity index (χ0v) is 43.5. The van der Waals surface area contributed by atoms with Crippen LogP contribution in [0.15, 0.2) is 118 Å². The highest BCUT2D eigenvalue weighted by Crippen LogP contribution is 2.45. The standard InChI is InChI=1S/C64H82N2/c1-15-47-29-48(16-2)34-55(33-47)43(11)59-25-41(9)26-60(44(12)56-35-49(17-3)30-50(18-4)36-56)63(59)65-23-24-66-64-61(45(13)57-37-51(19-5)31-52(20-6)38-57)27-42(10)28-62(64)46(14)58-39-53(21-7)32-54(22-8)40-58/h23-27,29-40,42-46H,15-22,28H2,1-14H3/b65-23+,66-24+/t42?,43-,44-,45-,46-/m1/s1. The summed E-state index contributed by atoms with van der Waals surface area (Å²) in [5, 5.41) is 0. The van der Waals surface area contributed by atoms with Crippen LogP contribution in [0.2, 0.25) is 0 Å². The first-order valence-corrected chi connectivity index (χ1v) is 25.9. The Kier molecular flexibility index (Phi) is 17.6. The smallest absolute Gasteiger partial charge is 0.0706 e. The summed E-state index contributed by atoms with van der Waals surface area (Å²) in [6.07, 6.45) is 15.8. The van der Waals surface area contributed by atoms with Gasteiger partial charge >= 0.3 is 0 Å². The van der Waals surface area contributed by atoms with E-state index >= 15 is 0 Å². The van der Waals surface area contributed by atoms with Crippen molar-refractivity contribution in [2.24, 2.45) is 15.9 Å². The second kappa shape index (κ2) is 23.1. The molecule has 0 aliphatic heterocycles. The molecule has 0 aromatic heterocycles. The number of hydrogen-bond acceptors (Lipinski definition) is 2. The summed E-state index contributed by atoms with van der Waals surface area (Å²) in [6, 6.07) is 33.8. The van der Waals surface area contributed by atoms with E-state index in [1.54, 1.807) is 0 Å². The second-order valence-corrected chi connectivity index (χ2v) is 19.6. The van der Waals surface area contributed by atoms with Crippen LogP contribution in [0, 0.1) is 12.8 Å². The molecule has 0 spiro atoms. The van der Waals surface area contributed by atoms with Crippen LogP contribution < -0.4 is 0 Å². The Hall–Kier alpha value is -5.08. The number of aliphatic imine (C=N–C) groups is 2. The molecule has 348 valence electrons. The molecular weight excluding hydrogens is 797 g/mol. The van der Waals surface area contributed by atoms with Gasteiger partial charge in [-0.05, 0) is 160 Å². The third-order valence-corrected chi connectivity index (χ3v) is 14.9. The second-order valence-electron chi connectivity index (χ2n) is 19.6. The lowest BCUT2D eigenvalue weighted by Gasteiger charge is -2.31. The van der Waals surface area contributed by atoms with Crippen LogP contribution in [0.1, 0.15) is 204 Å². The summed E-state index contributed by atoms with van der Waals surface area (Å²) in [5.74, 6) is 1.16. The minimum absolute atomic E-state index is 0.161. The Morgan fingerprint density at radius 3 is 1.11 bits per heavy atom. The Labute approximate surface area is 401 Å². The van der Waals surface area contributed by atoms with Crippen LogP contribution in [-0.4, -0.2) is 12.4 Å². The van der Waals surface area contributed by atoms with E-state index in [0.29, 0.717) is 5.92 Å². The molecule has 5 aromatic carbocycles. The molecule has 5 atom stereocenters. The van der Waals surface area contributed by atoms with E-state index in [9.17, 15) is 0 Å². The molecule has 0 amide bonds. The zero-order valence-electron chi connectivity index (χ0n) is 43.5. The fourth-order valence-electron chi connectivity index (χ4n) is 10.4. The number of hydrogen-bond donors (Lipinski definition) is 0. The first-order valence-electron chi connectivity index (χ1n) is 25.9. The van der Waals surface area contributed by atoms with Crippen molar-refractivity contribution in [2.75, 3.05) is 0 Å². The summed E-state index contributed by atoms with van der Waals surface area (Å²) >= 11 is 0. The van der Waals surface area contributed by atoms with E-state index in [0.717, 1.165) is 69.2 Å². The lowest BCUT2D eigenvalue weighted by Crippen LogP contribution is -2.15. The first kappa shape index (κ1) is 50.3. The van der Waals surface area contributed by atoms with Crippen molar-refractivity contribution in [3.63, 3.8) is 0 Å². The van der Waals surface area contributed by atoms with Crippen LogP contribution in [0.5, 0.6) is 0 Å². The molecule has 0 heterocycles. The third-order valence-electron chi connectivity index (χ3n) is 14.9. The molecule has 5 aromatic rings. The van der Waals surface area contributed by atoms with E-state index in [-0.39, 0.29) is 23.7 Å². The third kappa shape index (κ3) is 11.7. The molecule has 1 unspecified atom stereocenters. The number of benzene rings is 5. The van der Waals surface area contributed by atoms with Crippen molar-refractivity contribution in [1.29, 1.82) is 0 Å². The van der Waals surface area contributed by atoms with Gasteiger partial charge in [0.05, 0.1) is 11.4 Å². The first-order chi connectivity index (χ1) is 31.8. The predicted molar refractivity (Wildman–Crippen MR) is 289 cm³/mol. The molecule has 0 saturated carbocycles. The molecular formula is C64H82N2. The highest BCUT2D eigenvalue weighted by Gasteiger charge is 2.29. The van der Waals surface area contributed by atoms with Crippen molar-refractivity contribution in [3.05, 3.63) is 191 Å². The summed E-state index contributed by atoms with van der Waals surface area (Å²) in [5.41, 5.74) is 25.6. The van der Waals surface area contributed by atoms with Crippen LogP contribution >= 0.6 is 0 Å². The fourth-order valence-corrected chi connectivity index (χ4v) is 10.4. The largest absolute Gasteiger partial charge is 0.255 e. The maximum absolute atomic E-state index is 5.57. The molecule has 2 heteroatoms. The van der Waals surface area contributed by atoms with Gasteiger partial charge in [-0.25, -0.2) is 0 Å². The number of allylic oxidation sites excluding steroid dienone is 3. The molecule has 1 aliphatic rings. The van der Waals surface area contributed by atoms with Gasteiger partial charge in [0.25, 0.3) is 0 Å². The topological polar surface area (TPSA) is 24.7 Å². The van der Waals surface area contributed by atoms with Gasteiger partial charge in [0.1, 0.15) is 0 Å². The van der Waals surface area contributed by atoms with Gasteiger partial charge in [0.2, 0.25) is 0 Å². The summed E-state index contributed by atoms with van der Waals surface area (Å²) in [7, 11) is 0. The Morgan fingerprint density at radius 2 is 0.758 bits per heavy atom. The van der Waals surface area contributed by atoms with Gasteiger partial charge in [0.15, 0.2) is 0 Å². The average Bonchev–Trinajstić information content (AvgIpc) is 3.35. The SMILES string of the molecule is CCc1cc(CC)cc([C@@H](C)c2cc(C)cc([C@H](C)c3cc(CC)cc(CC)c3)c2/N=C/C=N/C2=C([C@H](C)c3cc(CC)cc(CC)c3)CC(C)C=C2[C@H](C)c2cc(CC)cc(CC)c2)c1. The van der Waals surface area contributed by atoms with E-state index in [4.69, 9.17) is 9.98 Å². The van der Waals surface area contributed by atoms with Crippen molar-refractivity contribution >= 4 is 18.1 Å². The molecule has 6 rings (SSSR count). The summed E-state index contributed by atoms with van der Waals surface area (Å²) < 4.78 is 0. The highest BCUT2D eigenvalue weighted by molar-refractivity contribution is 6.17. The Bertz CT molecular complexity index is 2420. The van der Waals surface area contributed by atoms with Crippen molar-refractivity contribution in [1.82, 2.24) is 0 Å². The molecule has 66 heavy (non-hydrogen) atoms. The molecule has 0 bridgehead atoms. The van der Waals surface area contributed by atoms with Gasteiger partial charge in [-0.15, -0.1) is 0 Å². The molecule has 0 fully saturated rings. The predicted octanol–water partition coefficient (Wildman–Crippen LogP) is 17.4. The normalized spacial score (nSPS) is 16.3. The van der Waals surface area contributed by atoms with Gasteiger partial charge in [-0.2, -0.15) is 0 Å². The molecule has 0 radical (unpaired) electrons. The minimum Gasteiger partial charge on any atom is -0.255 e. The average molecular weight is 879 g/mol. The number of rotatable bonds is 19.